The van der Waals surface area contributed by atoms with Crippen LogP contribution in [0.25, 0.3) is 0 Å². The van der Waals surface area contributed by atoms with Crippen LogP contribution in [0.3, 0.4) is 0 Å². The summed E-state index contributed by atoms with van der Waals surface area (Å²) in [6.07, 6.45) is -21.1. The van der Waals surface area contributed by atoms with E-state index in [2.05, 4.69) is 33.8 Å². The lowest BCUT2D eigenvalue weighted by atomic mass is 9.35. The van der Waals surface area contributed by atoms with Crippen LogP contribution in [-0.2, 0) is 42.7 Å². The zero-order valence-electron chi connectivity index (χ0n) is 45.3. The molecule has 0 radical (unpaired) electrons. The topological polar surface area (TPSA) is 354 Å². The first-order valence-electron chi connectivity index (χ1n) is 27.7. The Hall–Kier alpha value is -1.43. The molecule has 4 heterocycles. The highest BCUT2D eigenvalue weighted by Crippen LogP contribution is 2.76. The van der Waals surface area contributed by atoms with E-state index in [-0.39, 0.29) is 34.5 Å². The number of rotatable bonds is 16. The first-order valence-corrected chi connectivity index (χ1v) is 27.7. The Balaban J connectivity index is 1.01. The molecule has 4 aliphatic heterocycles. The largest absolute Gasteiger partial charge is 0.394 e. The molecule has 4 aliphatic carbocycles. The van der Waals surface area contributed by atoms with Crippen LogP contribution >= 0.6 is 0 Å². The molecule has 0 amide bonds. The number of carbonyl (C=O) groups is 1. The molecule has 4 saturated heterocycles. The summed E-state index contributed by atoms with van der Waals surface area (Å²) < 4.78 is 49.1. The molecule has 0 aromatic heterocycles. The van der Waals surface area contributed by atoms with E-state index in [0.29, 0.717) is 32.1 Å². The molecule has 0 spiro atoms. The molecule has 0 bridgehead atoms. The second-order valence-corrected chi connectivity index (χ2v) is 25.3. The molecular weight excluding hydrogens is 1000 g/mol. The minimum absolute atomic E-state index is 0.0295. The summed E-state index contributed by atoms with van der Waals surface area (Å²) in [5.41, 5.74) is -1.89. The van der Waals surface area contributed by atoms with Crippen molar-refractivity contribution in [2.45, 2.75) is 254 Å². The minimum atomic E-state index is -1.83. The van der Waals surface area contributed by atoms with Gasteiger partial charge in [0.25, 0.3) is 0 Å². The van der Waals surface area contributed by atoms with Gasteiger partial charge in [0.2, 0.25) is 0 Å². The maximum Gasteiger partial charge on any atom is 0.187 e. The number of aldehydes is 1. The molecule has 9 unspecified atom stereocenters. The molecule has 0 aromatic rings. The fourth-order valence-corrected chi connectivity index (χ4v) is 16.0. The van der Waals surface area contributed by atoms with Crippen molar-refractivity contribution in [3.8, 4) is 0 Å². The number of hydrogen-bond acceptors (Lipinski definition) is 22. The molecule has 76 heavy (non-hydrogen) atoms. The second-order valence-electron chi connectivity index (χ2n) is 25.3. The zero-order chi connectivity index (χ0) is 55.8. The first kappa shape index (κ1) is 60.7. The van der Waals surface area contributed by atoms with Gasteiger partial charge in [0, 0.05) is 5.41 Å². The fourth-order valence-electron chi connectivity index (χ4n) is 16.0. The van der Waals surface area contributed by atoms with Gasteiger partial charge in [0.1, 0.15) is 97.8 Å². The van der Waals surface area contributed by atoms with Gasteiger partial charge in [-0.2, -0.15) is 0 Å². The summed E-state index contributed by atoms with van der Waals surface area (Å²) >= 11 is 0. The minimum Gasteiger partial charge on any atom is -0.394 e. The number of carbonyl (C=O) groups excluding carboxylic acids is 1. The lowest BCUT2D eigenvalue weighted by Gasteiger charge is -2.69. The molecule has 8 aliphatic rings. The second kappa shape index (κ2) is 23.1. The predicted molar refractivity (Wildman–Crippen MR) is 264 cm³/mol. The number of hydrogen-bond donors (Lipinski definition) is 13. The van der Waals surface area contributed by atoms with Crippen molar-refractivity contribution in [1.29, 1.82) is 0 Å². The highest BCUT2D eigenvalue weighted by Gasteiger charge is 2.72. The smallest absolute Gasteiger partial charge is 0.187 e. The van der Waals surface area contributed by atoms with Gasteiger partial charge in [-0.05, 0) is 132 Å². The monoisotopic (exact) mass is 1090 g/mol. The van der Waals surface area contributed by atoms with Gasteiger partial charge in [0.15, 0.2) is 25.2 Å². The Morgan fingerprint density at radius 2 is 1.16 bits per heavy atom. The molecule has 29 atom stereocenters. The van der Waals surface area contributed by atoms with Crippen LogP contribution < -0.4 is 0 Å². The number of fused-ring (bicyclic) bond motifs is 5. The third-order valence-corrected chi connectivity index (χ3v) is 20.7. The third kappa shape index (κ3) is 10.5. The van der Waals surface area contributed by atoms with Crippen molar-refractivity contribution < 1.29 is 109 Å². The Labute approximate surface area is 445 Å². The highest BCUT2D eigenvalue weighted by molar-refractivity contribution is 5.62. The maximum atomic E-state index is 14.2. The summed E-state index contributed by atoms with van der Waals surface area (Å²) in [4.78, 5) is 14.2. The van der Waals surface area contributed by atoms with Crippen LogP contribution in [0.1, 0.15) is 120 Å². The van der Waals surface area contributed by atoms with Gasteiger partial charge in [-0.25, -0.2) is 0 Å². The summed E-state index contributed by atoms with van der Waals surface area (Å²) in [6, 6.07) is 0. The van der Waals surface area contributed by atoms with E-state index < -0.39 is 165 Å². The number of aliphatic hydroxyl groups excluding tert-OH is 13. The van der Waals surface area contributed by atoms with E-state index in [1.165, 1.54) is 13.2 Å². The van der Waals surface area contributed by atoms with Crippen LogP contribution in [-0.4, -0.2) is 227 Å². The number of ether oxygens (including phenoxy) is 8. The Morgan fingerprint density at radius 1 is 0.592 bits per heavy atom. The van der Waals surface area contributed by atoms with E-state index >= 15 is 0 Å². The summed E-state index contributed by atoms with van der Waals surface area (Å²) in [7, 11) is 0. The number of aliphatic hydroxyl groups is 13. The molecule has 13 N–H and O–H groups in total. The number of allylic oxidation sites excluding steroid dienone is 2. The molecule has 4 saturated carbocycles. The molecule has 8 fully saturated rings. The third-order valence-electron chi connectivity index (χ3n) is 20.7. The molecule has 0 aromatic carbocycles. The molecule has 22 nitrogen and oxygen atoms in total. The maximum absolute atomic E-state index is 14.2. The Bertz CT molecular complexity index is 1990. The van der Waals surface area contributed by atoms with Crippen molar-refractivity contribution >= 4 is 6.29 Å². The van der Waals surface area contributed by atoms with E-state index in [1.54, 1.807) is 0 Å². The zero-order valence-corrected chi connectivity index (χ0v) is 45.3. The SMILES string of the molecule is CC(C)=CCCC(C)(O[C@@H]1O[C@H](CO[C@@H]2O[C@H](C)[C@H](O)[C@@H](O)[C@H]2O)[C@@H](O)[C@H](O)[C@H]1O)C1CCC2(C)C1CCC1C3(C=O)CCC(O[C@@H]4O[C@H](CO)[C@@H](O)[C@H](O)[C@H]4O[C@@H]4O[C@H](CO)[C@@H](O)[C@H](O)[C@H]4O)C(C)(C)C3CCC12C. The van der Waals surface area contributed by atoms with Crippen LogP contribution in [0.5, 0.6) is 0 Å². The Morgan fingerprint density at radius 3 is 1.79 bits per heavy atom. The first-order chi connectivity index (χ1) is 35.7. The molecular formula is C54H90O22. The fraction of sp³-hybridized carbons (Fsp3) is 0.944. The normalized spacial score (nSPS) is 52.1. The van der Waals surface area contributed by atoms with Crippen molar-refractivity contribution in [1.82, 2.24) is 0 Å². The van der Waals surface area contributed by atoms with E-state index in [1.807, 2.05) is 20.8 Å². The van der Waals surface area contributed by atoms with Gasteiger partial charge in [-0.15, -0.1) is 0 Å². The summed E-state index contributed by atoms with van der Waals surface area (Å²) in [5.74, 6) is -0.171. The average molecular weight is 1090 g/mol. The van der Waals surface area contributed by atoms with Gasteiger partial charge >= 0.3 is 0 Å². The molecule has 438 valence electrons. The summed E-state index contributed by atoms with van der Waals surface area (Å²) in [6.45, 7) is 14.5. The van der Waals surface area contributed by atoms with Gasteiger partial charge < -0.3 is 109 Å². The van der Waals surface area contributed by atoms with Crippen molar-refractivity contribution in [3.63, 3.8) is 0 Å². The average Bonchev–Trinajstić information content (AvgIpc) is 3.90. The van der Waals surface area contributed by atoms with Crippen LogP contribution in [0.15, 0.2) is 11.6 Å². The van der Waals surface area contributed by atoms with Gasteiger partial charge in [-0.1, -0.05) is 39.3 Å². The lowest BCUT2D eigenvalue weighted by molar-refractivity contribution is -0.378. The van der Waals surface area contributed by atoms with Crippen molar-refractivity contribution in [2.24, 2.45) is 45.3 Å². The molecule has 22 heteroatoms. The highest BCUT2D eigenvalue weighted by atomic mass is 16.8. The quantitative estimate of drug-likeness (QED) is 0.0503. The van der Waals surface area contributed by atoms with Gasteiger partial charge in [-0.3, -0.25) is 0 Å². The van der Waals surface area contributed by atoms with Crippen LogP contribution in [0.2, 0.25) is 0 Å². The van der Waals surface area contributed by atoms with Crippen molar-refractivity contribution in [3.05, 3.63) is 11.6 Å². The lowest BCUT2D eigenvalue weighted by Crippen LogP contribution is -2.67. The standard InChI is InChI=1S/C54H90O22/c1-24(2)10-9-16-53(8,76-48-44(68)40(64)37(61)30(73-48)22-69-46-42(66)38(62)34(58)25(3)70-46)27-13-17-51(6)26(27)11-12-32-52(51,7)18-14-31-50(4,5)33(15-19-54(31,32)23-57)74-49-45(41(65)36(60)29(21-56)72-49)75-47-43(67)39(63)35(59)28(20-55)71-47/h10,23,25-49,55-56,58-68H,9,11-22H2,1-8H3/t25-,26?,27?,28-,29-,30-,31?,32?,33?,34+,35-,36-,37-,38-,39+,40+,41+,42-,43-,44-,45-,46-,47+,48+,49+,51?,52?,53?,54?/m1/s1. The van der Waals surface area contributed by atoms with E-state index in [0.717, 1.165) is 37.7 Å². The van der Waals surface area contributed by atoms with Crippen LogP contribution in [0.4, 0.5) is 0 Å². The van der Waals surface area contributed by atoms with Crippen LogP contribution in [0, 0.1) is 45.3 Å². The van der Waals surface area contributed by atoms with E-state index in [4.69, 9.17) is 37.9 Å². The van der Waals surface area contributed by atoms with E-state index in [9.17, 15) is 71.2 Å². The van der Waals surface area contributed by atoms with Crippen molar-refractivity contribution in [2.75, 3.05) is 19.8 Å². The predicted octanol–water partition coefficient (Wildman–Crippen LogP) is -0.967. The van der Waals surface area contributed by atoms with Gasteiger partial charge in [0.05, 0.1) is 37.6 Å². The summed E-state index contributed by atoms with van der Waals surface area (Å²) in [5, 5.41) is 139. The Kier molecular flexibility index (Phi) is 18.4. The molecule has 8 rings (SSSR count).